The van der Waals surface area contributed by atoms with Crippen LogP contribution in [0.5, 0.6) is 6.01 Å². The molecular formula is C11H16N6OS. The van der Waals surface area contributed by atoms with E-state index in [1.807, 2.05) is 26.2 Å². The molecular weight excluding hydrogens is 264 g/mol. The molecule has 0 fully saturated rings. The molecule has 0 spiro atoms. The molecule has 1 unspecified atom stereocenters. The van der Waals surface area contributed by atoms with Gasteiger partial charge in [0.1, 0.15) is 5.01 Å². The van der Waals surface area contributed by atoms with Crippen LogP contribution in [0.25, 0.3) is 0 Å². The van der Waals surface area contributed by atoms with E-state index in [1.54, 1.807) is 17.5 Å². The van der Waals surface area contributed by atoms with Crippen molar-refractivity contribution in [3.05, 3.63) is 16.6 Å². The molecule has 0 radical (unpaired) electrons. The Kier molecular flexibility index (Phi) is 4.10. The number of nitrogen functional groups attached to an aromatic ring is 1. The first-order chi connectivity index (χ1) is 9.04. The van der Waals surface area contributed by atoms with Crippen molar-refractivity contribution in [2.45, 2.75) is 32.9 Å². The van der Waals surface area contributed by atoms with E-state index in [-0.39, 0.29) is 24.1 Å². The van der Waals surface area contributed by atoms with Crippen LogP contribution in [0.1, 0.15) is 31.8 Å². The molecule has 2 aromatic rings. The van der Waals surface area contributed by atoms with Gasteiger partial charge >= 0.3 is 6.01 Å². The fourth-order valence-corrected chi connectivity index (χ4v) is 2.05. The van der Waals surface area contributed by atoms with Crippen molar-refractivity contribution in [3.8, 4) is 6.01 Å². The van der Waals surface area contributed by atoms with Crippen molar-refractivity contribution in [1.29, 1.82) is 0 Å². The zero-order chi connectivity index (χ0) is 13.8. The summed E-state index contributed by atoms with van der Waals surface area (Å²) in [6, 6.07) is 0.213. The van der Waals surface area contributed by atoms with Gasteiger partial charge < -0.3 is 15.8 Å². The molecule has 0 saturated heterocycles. The van der Waals surface area contributed by atoms with Crippen molar-refractivity contribution in [1.82, 2.24) is 19.9 Å². The normalized spacial score (nSPS) is 12.4. The molecule has 2 aromatic heterocycles. The van der Waals surface area contributed by atoms with Gasteiger partial charge in [0.25, 0.3) is 0 Å². The van der Waals surface area contributed by atoms with Crippen molar-refractivity contribution < 1.29 is 4.74 Å². The van der Waals surface area contributed by atoms with Gasteiger partial charge in [-0.1, -0.05) is 0 Å². The molecule has 0 aliphatic heterocycles. The lowest BCUT2D eigenvalue weighted by Crippen LogP contribution is -2.14. The minimum atomic E-state index is -0.0222. The van der Waals surface area contributed by atoms with Crippen molar-refractivity contribution in [2.24, 2.45) is 0 Å². The van der Waals surface area contributed by atoms with E-state index in [2.05, 4.69) is 25.3 Å². The first kappa shape index (κ1) is 13.5. The molecule has 0 saturated carbocycles. The molecule has 102 valence electrons. The minimum absolute atomic E-state index is 0.00583. The summed E-state index contributed by atoms with van der Waals surface area (Å²) in [6.07, 6.45) is 1.74. The van der Waals surface area contributed by atoms with E-state index in [0.717, 1.165) is 5.01 Å². The van der Waals surface area contributed by atoms with Gasteiger partial charge in [0.15, 0.2) is 0 Å². The number of anilines is 2. The largest absolute Gasteiger partial charge is 0.461 e. The Balaban J connectivity index is 2.13. The number of nitrogens with two attached hydrogens (primary N) is 1. The number of thiazole rings is 1. The number of aromatic nitrogens is 4. The third-order valence-corrected chi connectivity index (χ3v) is 3.10. The van der Waals surface area contributed by atoms with Gasteiger partial charge in [-0.05, 0) is 20.8 Å². The highest BCUT2D eigenvalue weighted by molar-refractivity contribution is 7.09. The average molecular weight is 280 g/mol. The molecule has 19 heavy (non-hydrogen) atoms. The Morgan fingerprint density at radius 3 is 2.68 bits per heavy atom. The first-order valence-corrected chi connectivity index (χ1v) is 6.76. The zero-order valence-corrected chi connectivity index (χ0v) is 11.8. The lowest BCUT2D eigenvalue weighted by molar-refractivity contribution is 0.222. The molecule has 0 aliphatic carbocycles. The number of rotatable bonds is 5. The Labute approximate surface area is 115 Å². The summed E-state index contributed by atoms with van der Waals surface area (Å²) in [7, 11) is 0. The molecule has 1 atom stereocenters. The van der Waals surface area contributed by atoms with Gasteiger partial charge in [0.2, 0.25) is 11.9 Å². The summed E-state index contributed by atoms with van der Waals surface area (Å²) in [5.41, 5.74) is 5.63. The molecule has 7 nitrogen and oxygen atoms in total. The average Bonchev–Trinajstić information content (AvgIpc) is 2.79. The third-order valence-electron chi connectivity index (χ3n) is 2.14. The highest BCUT2D eigenvalue weighted by Gasteiger charge is 2.12. The van der Waals surface area contributed by atoms with Crippen LogP contribution >= 0.6 is 11.3 Å². The summed E-state index contributed by atoms with van der Waals surface area (Å²) in [5, 5.41) is 5.99. The second-order valence-corrected chi connectivity index (χ2v) is 5.13. The predicted molar refractivity (Wildman–Crippen MR) is 74.2 cm³/mol. The Morgan fingerprint density at radius 2 is 2.05 bits per heavy atom. The van der Waals surface area contributed by atoms with E-state index in [4.69, 9.17) is 10.5 Å². The Morgan fingerprint density at radius 1 is 1.26 bits per heavy atom. The number of hydrogen-bond acceptors (Lipinski definition) is 8. The van der Waals surface area contributed by atoms with Crippen LogP contribution in [0.3, 0.4) is 0 Å². The van der Waals surface area contributed by atoms with Crippen LogP contribution < -0.4 is 15.8 Å². The van der Waals surface area contributed by atoms with E-state index >= 15 is 0 Å². The smallest absolute Gasteiger partial charge is 0.323 e. The van der Waals surface area contributed by atoms with Crippen molar-refractivity contribution in [3.63, 3.8) is 0 Å². The summed E-state index contributed by atoms with van der Waals surface area (Å²) in [6.45, 7) is 5.76. The fraction of sp³-hybridized carbons (Fsp3) is 0.455. The molecule has 2 heterocycles. The first-order valence-electron chi connectivity index (χ1n) is 5.88. The second-order valence-electron chi connectivity index (χ2n) is 4.20. The van der Waals surface area contributed by atoms with Gasteiger partial charge in [0, 0.05) is 11.6 Å². The number of nitrogens with one attached hydrogen (secondary N) is 1. The van der Waals surface area contributed by atoms with Gasteiger partial charge in [-0.25, -0.2) is 4.98 Å². The van der Waals surface area contributed by atoms with E-state index in [9.17, 15) is 0 Å². The summed E-state index contributed by atoms with van der Waals surface area (Å²) >= 11 is 1.56. The Hall–Kier alpha value is -1.96. The van der Waals surface area contributed by atoms with Crippen LogP contribution in [0, 0.1) is 0 Å². The summed E-state index contributed by atoms with van der Waals surface area (Å²) in [5.74, 6) is 0.505. The standard InChI is InChI=1S/C11H16N6OS/c1-6(2)18-11-16-9(12)15-10(17-11)14-7(3)8-13-4-5-19-8/h4-7H,1-3H3,(H3,12,14,15,16,17). The van der Waals surface area contributed by atoms with Crippen LogP contribution in [-0.2, 0) is 0 Å². The van der Waals surface area contributed by atoms with Gasteiger partial charge in [-0.15, -0.1) is 11.3 Å². The fourth-order valence-electron chi connectivity index (χ4n) is 1.40. The van der Waals surface area contributed by atoms with Crippen molar-refractivity contribution >= 4 is 23.2 Å². The molecule has 3 N–H and O–H groups in total. The Bertz CT molecular complexity index is 530. The molecule has 2 rings (SSSR count). The van der Waals surface area contributed by atoms with Gasteiger partial charge in [0.05, 0.1) is 12.1 Å². The van der Waals surface area contributed by atoms with Crippen LogP contribution in [0.15, 0.2) is 11.6 Å². The van der Waals surface area contributed by atoms with Crippen LogP contribution in [0.2, 0.25) is 0 Å². The SMILES string of the molecule is CC(C)Oc1nc(N)nc(NC(C)c2nccs2)n1. The van der Waals surface area contributed by atoms with Crippen molar-refractivity contribution in [2.75, 3.05) is 11.1 Å². The molecule has 0 bridgehead atoms. The molecule has 0 aliphatic rings. The third kappa shape index (κ3) is 3.75. The zero-order valence-electron chi connectivity index (χ0n) is 11.0. The monoisotopic (exact) mass is 280 g/mol. The van der Waals surface area contributed by atoms with E-state index in [0.29, 0.717) is 5.95 Å². The molecule has 8 heteroatoms. The van der Waals surface area contributed by atoms with Crippen LogP contribution in [0.4, 0.5) is 11.9 Å². The minimum Gasteiger partial charge on any atom is -0.461 e. The van der Waals surface area contributed by atoms with E-state index in [1.165, 1.54) is 0 Å². The maximum atomic E-state index is 5.63. The lowest BCUT2D eigenvalue weighted by Gasteiger charge is -2.13. The van der Waals surface area contributed by atoms with Gasteiger partial charge in [-0.2, -0.15) is 15.0 Å². The molecule has 0 amide bonds. The van der Waals surface area contributed by atoms with Crippen LogP contribution in [-0.4, -0.2) is 26.0 Å². The quantitative estimate of drug-likeness (QED) is 0.862. The lowest BCUT2D eigenvalue weighted by atomic mass is 10.4. The topological polar surface area (TPSA) is 98.8 Å². The number of ether oxygens (including phenoxy) is 1. The predicted octanol–water partition coefficient (Wildman–Crippen LogP) is 1.87. The molecule has 0 aromatic carbocycles. The number of nitrogens with zero attached hydrogens (tertiary/aromatic N) is 4. The maximum absolute atomic E-state index is 5.63. The number of hydrogen-bond donors (Lipinski definition) is 2. The highest BCUT2D eigenvalue weighted by atomic mass is 32.1. The second kappa shape index (κ2) is 5.79. The van der Waals surface area contributed by atoms with Gasteiger partial charge in [-0.3, -0.25) is 0 Å². The maximum Gasteiger partial charge on any atom is 0.323 e. The summed E-state index contributed by atoms with van der Waals surface area (Å²) < 4.78 is 5.41. The highest BCUT2D eigenvalue weighted by Crippen LogP contribution is 2.20. The summed E-state index contributed by atoms with van der Waals surface area (Å²) in [4.78, 5) is 16.3. The van der Waals surface area contributed by atoms with E-state index < -0.39 is 0 Å².